The minimum Gasteiger partial charge on any atom is -0.854 e. The SMILES string of the molecule is CC(C)S(C)=P([O-])([O-])[S-].CC(C)S(C)=P([O-])([O-])[S-].[Zn+2].[Zn+2].[Zn+2]. The van der Waals surface area contributed by atoms with Gasteiger partial charge in [-0.05, 0) is 23.0 Å². The summed E-state index contributed by atoms with van der Waals surface area (Å²) in [7, 11) is -1.25. The third-order valence-corrected chi connectivity index (χ3v) is 17.2. The molecule has 4 nitrogen and oxygen atoms in total. The van der Waals surface area contributed by atoms with Gasteiger partial charge in [-0.25, -0.2) is 20.1 Å². The molecule has 0 aliphatic carbocycles. The number of hydrogen-bond donors (Lipinski definition) is 0. The van der Waals surface area contributed by atoms with Gasteiger partial charge in [-0.15, -0.1) is 0 Å². The molecule has 0 aromatic rings. The Labute approximate surface area is 182 Å². The smallest absolute Gasteiger partial charge is 0.854 e. The molecule has 0 N–H and O–H groups in total. The molecule has 116 valence electrons. The van der Waals surface area contributed by atoms with Crippen molar-refractivity contribution in [2.45, 2.75) is 38.2 Å². The fourth-order valence-corrected chi connectivity index (χ4v) is 7.75. The van der Waals surface area contributed by atoms with Crippen molar-refractivity contribution in [2.24, 2.45) is 0 Å². The zero-order valence-electron chi connectivity index (χ0n) is 13.4. The Balaban J connectivity index is -0.0000000711. The Morgan fingerprint density at radius 3 is 0.810 bits per heavy atom. The van der Waals surface area contributed by atoms with E-state index < -0.39 is 31.5 Å². The Hall–Kier alpha value is 3.97. The van der Waals surface area contributed by atoms with Crippen molar-refractivity contribution in [2.75, 3.05) is 12.5 Å². The van der Waals surface area contributed by atoms with Crippen LogP contribution in [-0.4, -0.2) is 23.0 Å². The van der Waals surface area contributed by atoms with E-state index in [1.54, 1.807) is 12.5 Å². The molecule has 0 fully saturated rings. The van der Waals surface area contributed by atoms with E-state index in [4.69, 9.17) is 0 Å². The summed E-state index contributed by atoms with van der Waals surface area (Å²) in [5, 5.41) is 0.316. The van der Waals surface area contributed by atoms with Gasteiger partial charge in [-0.1, -0.05) is 27.7 Å². The first-order valence-corrected chi connectivity index (χ1v) is 14.9. The van der Waals surface area contributed by atoms with Crippen molar-refractivity contribution in [3.63, 3.8) is 0 Å². The Bertz CT molecular complexity index is 329. The summed E-state index contributed by atoms with van der Waals surface area (Å²) < 4.78 is 0. The van der Waals surface area contributed by atoms with Crippen molar-refractivity contribution in [1.29, 1.82) is 0 Å². The quantitative estimate of drug-likeness (QED) is 0.246. The summed E-state index contributed by atoms with van der Waals surface area (Å²) >= 11 is 8.59. The standard InChI is InChI=1S/2C4H10O2PS2.3Zn/c2*1-4(2)9(3)7(5,6)8;;;/h2*4H,1-3H3;;;/q2*-3;3*+2. The average molecular weight is 567 g/mol. The van der Waals surface area contributed by atoms with Crippen LogP contribution in [0.25, 0.3) is 0 Å². The van der Waals surface area contributed by atoms with Crippen LogP contribution in [0.4, 0.5) is 0 Å². The molecule has 0 aromatic heterocycles. The van der Waals surface area contributed by atoms with Gasteiger partial charge in [0.2, 0.25) is 0 Å². The molecule has 0 amide bonds. The van der Waals surface area contributed by atoms with Gasteiger partial charge in [0.05, 0.1) is 0 Å². The first kappa shape index (κ1) is 36.0. The maximum absolute atomic E-state index is 10.6. The molecular weight excluding hydrogens is 546 g/mol. The maximum atomic E-state index is 10.6. The van der Waals surface area contributed by atoms with Crippen molar-refractivity contribution in [3.05, 3.63) is 0 Å². The van der Waals surface area contributed by atoms with Gasteiger partial charge in [-0.3, -0.25) is 0 Å². The molecular formula is C8H20O4P2S4Zn3. The van der Waals surface area contributed by atoms with Crippen LogP contribution in [0, 0.1) is 0 Å². The molecule has 0 saturated heterocycles. The summed E-state index contributed by atoms with van der Waals surface area (Å²) in [6.07, 6.45) is 3.34. The summed E-state index contributed by atoms with van der Waals surface area (Å²) in [5.41, 5.74) is -6.90. The zero-order valence-corrected chi connectivity index (χ0v) is 27.4. The van der Waals surface area contributed by atoms with E-state index in [0.29, 0.717) is 0 Å². The van der Waals surface area contributed by atoms with E-state index in [-0.39, 0.29) is 68.9 Å². The van der Waals surface area contributed by atoms with Crippen LogP contribution in [0.5, 0.6) is 0 Å². The van der Waals surface area contributed by atoms with Crippen molar-refractivity contribution >= 4 is 56.0 Å². The summed E-state index contributed by atoms with van der Waals surface area (Å²) in [6.45, 7) is 7.44. The van der Waals surface area contributed by atoms with Gasteiger partial charge in [0.1, 0.15) is 0 Å². The fourth-order valence-electron chi connectivity index (χ4n) is 0.516. The third kappa shape index (κ3) is 20.1. The topological polar surface area (TPSA) is 92.2 Å². The van der Waals surface area contributed by atoms with Crippen molar-refractivity contribution in [1.82, 2.24) is 0 Å². The first-order valence-electron chi connectivity index (χ1n) is 5.06. The molecule has 0 aliphatic rings. The van der Waals surface area contributed by atoms with Gasteiger partial charge < -0.3 is 55.5 Å². The monoisotopic (exact) mass is 562 g/mol. The molecule has 21 heavy (non-hydrogen) atoms. The molecule has 0 aromatic carbocycles. The van der Waals surface area contributed by atoms with Gasteiger partial charge in [0, 0.05) is 0 Å². The van der Waals surface area contributed by atoms with Crippen LogP contribution in [0.3, 0.4) is 0 Å². The van der Waals surface area contributed by atoms with E-state index in [9.17, 15) is 19.6 Å². The zero-order chi connectivity index (χ0) is 15.3. The summed E-state index contributed by atoms with van der Waals surface area (Å²) in [4.78, 5) is 42.5. The second kappa shape index (κ2) is 16.2. The minimum atomic E-state index is -3.45. The second-order valence-corrected chi connectivity index (χ2v) is 20.4. The second-order valence-electron chi connectivity index (χ2n) is 4.04. The van der Waals surface area contributed by atoms with E-state index >= 15 is 0 Å². The molecule has 0 bridgehead atoms. The molecule has 0 rings (SSSR count). The molecule has 0 saturated carbocycles. The van der Waals surface area contributed by atoms with Crippen LogP contribution in [0.15, 0.2) is 0 Å². The van der Waals surface area contributed by atoms with E-state index in [1.165, 1.54) is 0 Å². The van der Waals surface area contributed by atoms with Crippen molar-refractivity contribution < 1.29 is 78.0 Å². The Morgan fingerprint density at radius 2 is 0.810 bits per heavy atom. The van der Waals surface area contributed by atoms with Gasteiger partial charge in [0.25, 0.3) is 0 Å². The molecule has 0 spiro atoms. The predicted molar refractivity (Wildman–Crippen MR) is 85.4 cm³/mol. The molecule has 0 heterocycles. The van der Waals surface area contributed by atoms with Crippen LogP contribution in [0.2, 0.25) is 0 Å². The fraction of sp³-hybridized carbons (Fsp3) is 1.00. The van der Waals surface area contributed by atoms with E-state index in [2.05, 4.69) is 24.5 Å². The minimum absolute atomic E-state index is 0. The summed E-state index contributed by atoms with van der Waals surface area (Å²) in [6, 6.07) is 0. The van der Waals surface area contributed by atoms with Gasteiger partial charge >= 0.3 is 58.4 Å². The van der Waals surface area contributed by atoms with E-state index in [1.807, 2.05) is 27.7 Å². The number of hydrogen-bond acceptors (Lipinski definition) is 6. The normalized spacial score (nSPS) is 14.0. The first-order chi connectivity index (χ1) is 7.71. The van der Waals surface area contributed by atoms with Crippen LogP contribution in [-0.2, 0) is 103 Å². The third-order valence-electron chi connectivity index (χ3n) is 2.07. The Morgan fingerprint density at radius 1 is 0.667 bits per heavy atom. The molecule has 0 aliphatic heterocycles. The van der Waals surface area contributed by atoms with E-state index in [0.717, 1.165) is 0 Å². The molecule has 0 radical (unpaired) electrons. The average Bonchev–Trinajstić information content (AvgIpc) is 2.13. The van der Waals surface area contributed by atoms with Crippen LogP contribution >= 0.6 is 11.4 Å². The van der Waals surface area contributed by atoms with Crippen molar-refractivity contribution in [3.8, 4) is 0 Å². The molecule has 2 unspecified atom stereocenters. The Kier molecular flexibility index (Phi) is 27.7. The maximum Gasteiger partial charge on any atom is 2.00 e. The predicted octanol–water partition coefficient (Wildman–Crippen LogP) is -0.831. The largest absolute Gasteiger partial charge is 2.00 e. The number of rotatable bonds is 2. The molecule has 2 atom stereocenters. The van der Waals surface area contributed by atoms with Gasteiger partial charge in [0.15, 0.2) is 0 Å². The van der Waals surface area contributed by atoms with Crippen LogP contribution < -0.4 is 19.6 Å². The van der Waals surface area contributed by atoms with Crippen LogP contribution in [0.1, 0.15) is 27.7 Å². The summed E-state index contributed by atoms with van der Waals surface area (Å²) in [5.74, 6) is 0. The molecule has 13 heteroatoms. The van der Waals surface area contributed by atoms with Gasteiger partial charge in [-0.2, -0.15) is 0 Å².